The zero-order valence-corrected chi connectivity index (χ0v) is 11.5. The van der Waals surface area contributed by atoms with E-state index in [1.807, 2.05) is 36.9 Å². The van der Waals surface area contributed by atoms with E-state index in [1.54, 1.807) is 0 Å². The van der Waals surface area contributed by atoms with Gasteiger partial charge in [0.2, 0.25) is 5.91 Å². The van der Waals surface area contributed by atoms with Gasteiger partial charge in [0.1, 0.15) is 0 Å². The van der Waals surface area contributed by atoms with Gasteiger partial charge >= 0.3 is 0 Å². The summed E-state index contributed by atoms with van der Waals surface area (Å²) < 4.78 is 0.949. The Morgan fingerprint density at radius 3 is 2.88 bits per heavy atom. The van der Waals surface area contributed by atoms with Crippen molar-refractivity contribution in [2.75, 3.05) is 23.3 Å². The number of carbonyl (C=O) groups is 1. The molecule has 3 N–H and O–H groups in total. The number of nitrogens with zero attached hydrogens (tertiary/aromatic N) is 1. The SMILES string of the molecule is CC(C)(N)CN1CC(=O)Nc2cc(Br)ccc21. The standard InChI is InChI=1S/C12H16BrN3O/c1-12(2,14)7-16-6-11(17)15-9-5-8(13)3-4-10(9)16/h3-5H,6-7,14H2,1-2H3,(H,15,17). The molecule has 0 aliphatic carbocycles. The van der Waals surface area contributed by atoms with Gasteiger partial charge in [-0.1, -0.05) is 15.9 Å². The zero-order valence-electron chi connectivity index (χ0n) is 9.96. The summed E-state index contributed by atoms with van der Waals surface area (Å²) >= 11 is 3.40. The van der Waals surface area contributed by atoms with E-state index in [-0.39, 0.29) is 11.4 Å². The third kappa shape index (κ3) is 2.98. The lowest BCUT2D eigenvalue weighted by atomic mass is 10.0. The Morgan fingerprint density at radius 2 is 2.24 bits per heavy atom. The fraction of sp³-hybridized carbons (Fsp3) is 0.417. The van der Waals surface area contributed by atoms with Crippen LogP contribution in [0.5, 0.6) is 0 Å². The molecule has 0 aromatic heterocycles. The first-order valence-corrected chi connectivity index (χ1v) is 6.28. The number of nitrogens with one attached hydrogen (secondary N) is 1. The number of benzene rings is 1. The largest absolute Gasteiger partial charge is 0.359 e. The third-order valence-electron chi connectivity index (χ3n) is 2.51. The second-order valence-electron chi connectivity index (χ2n) is 5.05. The number of amides is 1. The molecule has 0 radical (unpaired) electrons. The smallest absolute Gasteiger partial charge is 0.243 e. The number of rotatable bonds is 2. The molecule has 1 aromatic rings. The Labute approximate surface area is 109 Å². The van der Waals surface area contributed by atoms with Gasteiger partial charge in [-0.05, 0) is 32.0 Å². The molecule has 4 nitrogen and oxygen atoms in total. The van der Waals surface area contributed by atoms with Crippen LogP contribution in [0.4, 0.5) is 11.4 Å². The van der Waals surface area contributed by atoms with Crippen LogP contribution in [0.25, 0.3) is 0 Å². The molecule has 0 atom stereocenters. The number of halogens is 1. The summed E-state index contributed by atoms with van der Waals surface area (Å²) in [5.41, 5.74) is 7.54. The highest BCUT2D eigenvalue weighted by Gasteiger charge is 2.25. The molecule has 2 rings (SSSR count). The molecule has 0 fully saturated rings. The number of hydrogen-bond acceptors (Lipinski definition) is 3. The lowest BCUT2D eigenvalue weighted by Crippen LogP contribution is -2.49. The highest BCUT2D eigenvalue weighted by atomic mass is 79.9. The van der Waals surface area contributed by atoms with Crippen LogP contribution in [0.2, 0.25) is 0 Å². The number of anilines is 2. The predicted molar refractivity (Wildman–Crippen MR) is 73.3 cm³/mol. The highest BCUT2D eigenvalue weighted by Crippen LogP contribution is 2.32. The van der Waals surface area contributed by atoms with Crippen LogP contribution < -0.4 is 16.0 Å². The molecule has 5 heteroatoms. The van der Waals surface area contributed by atoms with Crippen molar-refractivity contribution in [1.82, 2.24) is 0 Å². The summed E-state index contributed by atoms with van der Waals surface area (Å²) in [4.78, 5) is 13.6. The quantitative estimate of drug-likeness (QED) is 0.877. The van der Waals surface area contributed by atoms with Crippen LogP contribution in [-0.2, 0) is 4.79 Å². The second-order valence-corrected chi connectivity index (χ2v) is 5.97. The van der Waals surface area contributed by atoms with Crippen LogP contribution >= 0.6 is 15.9 Å². The average molecular weight is 298 g/mol. The Bertz CT molecular complexity index is 454. The average Bonchev–Trinajstić information content (AvgIpc) is 2.13. The van der Waals surface area contributed by atoms with Crippen molar-refractivity contribution in [2.45, 2.75) is 19.4 Å². The van der Waals surface area contributed by atoms with E-state index in [9.17, 15) is 4.79 Å². The Balaban J connectivity index is 2.34. The molecule has 0 bridgehead atoms. The van der Waals surface area contributed by atoms with Gasteiger partial charge in [0, 0.05) is 16.6 Å². The van der Waals surface area contributed by atoms with Crippen molar-refractivity contribution in [3.05, 3.63) is 22.7 Å². The number of hydrogen-bond donors (Lipinski definition) is 2. The fourth-order valence-electron chi connectivity index (χ4n) is 1.97. The van der Waals surface area contributed by atoms with Gasteiger partial charge in [-0.3, -0.25) is 4.79 Å². The van der Waals surface area contributed by atoms with Gasteiger partial charge < -0.3 is 16.0 Å². The molecule has 0 saturated carbocycles. The minimum atomic E-state index is -0.331. The van der Waals surface area contributed by atoms with E-state index in [1.165, 1.54) is 0 Å². The first kappa shape index (κ1) is 12.4. The summed E-state index contributed by atoms with van der Waals surface area (Å²) in [7, 11) is 0. The van der Waals surface area contributed by atoms with Gasteiger partial charge in [-0.25, -0.2) is 0 Å². The van der Waals surface area contributed by atoms with E-state index < -0.39 is 0 Å². The monoisotopic (exact) mass is 297 g/mol. The molecule has 0 saturated heterocycles. The van der Waals surface area contributed by atoms with Crippen LogP contribution in [0, 0.1) is 0 Å². The molecule has 0 spiro atoms. The first-order valence-electron chi connectivity index (χ1n) is 5.48. The van der Waals surface area contributed by atoms with Crippen molar-refractivity contribution in [1.29, 1.82) is 0 Å². The number of nitrogens with two attached hydrogens (primary N) is 1. The van der Waals surface area contributed by atoms with E-state index in [0.29, 0.717) is 13.1 Å². The van der Waals surface area contributed by atoms with Gasteiger partial charge in [-0.15, -0.1) is 0 Å². The van der Waals surface area contributed by atoms with E-state index in [2.05, 4.69) is 21.2 Å². The molecule has 17 heavy (non-hydrogen) atoms. The van der Waals surface area contributed by atoms with Crippen LogP contribution in [0.1, 0.15) is 13.8 Å². The van der Waals surface area contributed by atoms with E-state index in [4.69, 9.17) is 5.73 Å². The van der Waals surface area contributed by atoms with Gasteiger partial charge in [0.15, 0.2) is 0 Å². The molecular formula is C12H16BrN3O. The van der Waals surface area contributed by atoms with Crippen molar-refractivity contribution >= 4 is 33.2 Å². The summed E-state index contributed by atoms with van der Waals surface area (Å²) in [6.45, 7) is 4.92. The molecule has 1 aromatic carbocycles. The molecule has 1 heterocycles. The van der Waals surface area contributed by atoms with Crippen LogP contribution in [0.3, 0.4) is 0 Å². The molecule has 1 amide bonds. The normalized spacial score (nSPS) is 15.5. The van der Waals surface area contributed by atoms with Gasteiger partial charge in [0.25, 0.3) is 0 Å². The zero-order chi connectivity index (χ0) is 12.6. The summed E-state index contributed by atoms with van der Waals surface area (Å²) in [5, 5.41) is 2.87. The van der Waals surface area contributed by atoms with Crippen LogP contribution in [0.15, 0.2) is 22.7 Å². The first-order chi connectivity index (χ1) is 7.85. The maximum atomic E-state index is 11.6. The molecule has 0 unspecified atom stereocenters. The third-order valence-corrected chi connectivity index (χ3v) is 3.00. The van der Waals surface area contributed by atoms with Crippen molar-refractivity contribution < 1.29 is 4.79 Å². The Hall–Kier alpha value is -1.07. The maximum absolute atomic E-state index is 11.6. The van der Waals surface area contributed by atoms with Crippen LogP contribution in [-0.4, -0.2) is 24.5 Å². The fourth-order valence-corrected chi connectivity index (χ4v) is 2.33. The second kappa shape index (κ2) is 4.31. The minimum absolute atomic E-state index is 0.000139. The molecular weight excluding hydrogens is 282 g/mol. The molecule has 1 aliphatic heterocycles. The summed E-state index contributed by atoms with van der Waals surface area (Å²) in [6.07, 6.45) is 0. The highest BCUT2D eigenvalue weighted by molar-refractivity contribution is 9.10. The van der Waals surface area contributed by atoms with E-state index in [0.717, 1.165) is 15.8 Å². The lowest BCUT2D eigenvalue weighted by molar-refractivity contribution is -0.115. The predicted octanol–water partition coefficient (Wildman–Crippen LogP) is 1.94. The lowest BCUT2D eigenvalue weighted by Gasteiger charge is -2.35. The van der Waals surface area contributed by atoms with Crippen molar-refractivity contribution in [2.24, 2.45) is 5.73 Å². The van der Waals surface area contributed by atoms with Gasteiger partial charge in [-0.2, -0.15) is 0 Å². The minimum Gasteiger partial charge on any atom is -0.359 e. The Morgan fingerprint density at radius 1 is 1.53 bits per heavy atom. The summed E-state index contributed by atoms with van der Waals surface area (Å²) in [5.74, 6) is -0.000139. The van der Waals surface area contributed by atoms with E-state index >= 15 is 0 Å². The topological polar surface area (TPSA) is 58.4 Å². The summed E-state index contributed by atoms with van der Waals surface area (Å²) in [6, 6.07) is 5.86. The Kier molecular flexibility index (Phi) is 3.14. The van der Waals surface area contributed by atoms with Gasteiger partial charge in [0.05, 0.1) is 17.9 Å². The maximum Gasteiger partial charge on any atom is 0.243 e. The molecule has 92 valence electrons. The number of fused-ring (bicyclic) bond motifs is 1. The number of carbonyl (C=O) groups excluding carboxylic acids is 1. The van der Waals surface area contributed by atoms with Crippen molar-refractivity contribution in [3.63, 3.8) is 0 Å². The molecule has 1 aliphatic rings. The van der Waals surface area contributed by atoms with Crippen molar-refractivity contribution in [3.8, 4) is 0 Å².